The second kappa shape index (κ2) is 13.5. The molecule has 1 saturated carbocycles. The minimum atomic E-state index is -4.68. The van der Waals surface area contributed by atoms with E-state index in [0.29, 0.717) is 23.9 Å². The van der Waals surface area contributed by atoms with E-state index in [1.807, 2.05) is 13.8 Å². The average molecular weight is 626 g/mol. The van der Waals surface area contributed by atoms with Crippen molar-refractivity contribution in [1.29, 1.82) is 0 Å². The summed E-state index contributed by atoms with van der Waals surface area (Å²) in [7, 11) is -3.31. The zero-order valence-electron chi connectivity index (χ0n) is 24.4. The number of rotatable bonds is 10. The van der Waals surface area contributed by atoms with Gasteiger partial charge in [-0.15, -0.1) is 0 Å². The smallest absolute Gasteiger partial charge is 0.369 e. The second-order valence-electron chi connectivity index (χ2n) is 11.1. The molecule has 3 N–H and O–H groups in total. The summed E-state index contributed by atoms with van der Waals surface area (Å²) < 4.78 is 66.8. The van der Waals surface area contributed by atoms with Crippen molar-refractivity contribution in [3.63, 3.8) is 0 Å². The van der Waals surface area contributed by atoms with E-state index in [9.17, 15) is 31.2 Å². The number of carbonyl (C=O) groups excluding carboxylic acids is 2. The molecule has 0 bridgehead atoms. The van der Waals surface area contributed by atoms with Crippen LogP contribution in [-0.4, -0.2) is 83.9 Å². The number of hydrogen-bond acceptors (Lipinski definition) is 8. The molecular weight excluding hydrogens is 587 g/mol. The Hall–Kier alpha value is -3.46. The van der Waals surface area contributed by atoms with Crippen LogP contribution in [0, 0.1) is 11.8 Å². The molecule has 2 aliphatic rings. The molecule has 236 valence electrons. The summed E-state index contributed by atoms with van der Waals surface area (Å²) in [4.78, 5) is 35.0. The maximum absolute atomic E-state index is 13.8. The van der Waals surface area contributed by atoms with Crippen LogP contribution in [0.25, 0.3) is 0 Å². The molecule has 0 spiro atoms. The number of hydrogen-bond donors (Lipinski definition) is 3. The van der Waals surface area contributed by atoms with E-state index in [1.54, 1.807) is 36.1 Å². The molecule has 2 atom stereocenters. The lowest BCUT2D eigenvalue weighted by Gasteiger charge is -2.33. The molecule has 2 aromatic rings. The third-order valence-corrected chi connectivity index (χ3v) is 9.61. The zero-order chi connectivity index (χ0) is 31.4. The lowest BCUT2D eigenvalue weighted by Crippen LogP contribution is -2.50. The van der Waals surface area contributed by atoms with Gasteiger partial charge >= 0.3 is 6.18 Å². The lowest BCUT2D eigenvalue weighted by molar-refractivity contribution is -0.137. The highest BCUT2D eigenvalue weighted by Gasteiger charge is 2.37. The van der Waals surface area contributed by atoms with Gasteiger partial charge in [-0.05, 0) is 63.8 Å². The van der Waals surface area contributed by atoms with Gasteiger partial charge in [-0.1, -0.05) is 6.42 Å². The van der Waals surface area contributed by atoms with E-state index in [-0.39, 0.29) is 79.9 Å². The zero-order valence-corrected chi connectivity index (χ0v) is 25.3. The van der Waals surface area contributed by atoms with Crippen LogP contribution in [0.4, 0.5) is 30.6 Å². The van der Waals surface area contributed by atoms with Crippen molar-refractivity contribution in [3.05, 3.63) is 41.6 Å². The summed E-state index contributed by atoms with van der Waals surface area (Å²) >= 11 is 0. The van der Waals surface area contributed by atoms with Crippen molar-refractivity contribution in [2.45, 2.75) is 52.3 Å². The summed E-state index contributed by atoms with van der Waals surface area (Å²) in [6, 6.07) is 6.31. The molecule has 1 aromatic carbocycles. The van der Waals surface area contributed by atoms with Gasteiger partial charge in [-0.25, -0.2) is 13.4 Å². The normalized spacial score (nSPS) is 19.8. The first-order valence-electron chi connectivity index (χ1n) is 14.4. The number of sulfonamides is 1. The number of aromatic nitrogens is 2. The predicted octanol–water partition coefficient (Wildman–Crippen LogP) is 3.70. The summed E-state index contributed by atoms with van der Waals surface area (Å²) in [6.07, 6.45) is -1.74. The van der Waals surface area contributed by atoms with E-state index in [0.717, 1.165) is 12.8 Å². The predicted molar refractivity (Wildman–Crippen MR) is 156 cm³/mol. The molecule has 43 heavy (non-hydrogen) atoms. The van der Waals surface area contributed by atoms with Crippen molar-refractivity contribution >= 4 is 39.3 Å². The number of benzene rings is 1. The van der Waals surface area contributed by atoms with E-state index < -0.39 is 21.8 Å². The van der Waals surface area contributed by atoms with Crippen LogP contribution in [0.3, 0.4) is 0 Å². The third-order valence-electron chi connectivity index (χ3n) is 7.72. The summed E-state index contributed by atoms with van der Waals surface area (Å²) in [5, 5.41) is 8.60. The van der Waals surface area contributed by atoms with Gasteiger partial charge in [0, 0.05) is 62.1 Å². The number of piperazine rings is 1. The molecule has 1 unspecified atom stereocenters. The van der Waals surface area contributed by atoms with Crippen LogP contribution in [0.1, 0.15) is 56.0 Å². The molecule has 1 aliphatic carbocycles. The minimum Gasteiger partial charge on any atom is -0.369 e. The summed E-state index contributed by atoms with van der Waals surface area (Å²) in [6.45, 7) is 6.48. The number of alkyl halides is 3. The van der Waals surface area contributed by atoms with Gasteiger partial charge in [0.2, 0.25) is 21.9 Å². The Morgan fingerprint density at radius 3 is 2.35 bits per heavy atom. The molecule has 1 aromatic heterocycles. The van der Waals surface area contributed by atoms with Crippen molar-refractivity contribution in [1.82, 2.24) is 24.5 Å². The Morgan fingerprint density at radius 1 is 1.07 bits per heavy atom. The molecule has 1 aliphatic heterocycles. The van der Waals surface area contributed by atoms with Crippen LogP contribution in [0.15, 0.2) is 30.5 Å². The molecule has 2 amide bonds. The van der Waals surface area contributed by atoms with Crippen LogP contribution in [-0.2, 0) is 21.0 Å². The fourth-order valence-corrected chi connectivity index (χ4v) is 6.47. The quantitative estimate of drug-likeness (QED) is 0.364. The van der Waals surface area contributed by atoms with Crippen molar-refractivity contribution in [3.8, 4) is 0 Å². The van der Waals surface area contributed by atoms with Gasteiger partial charge in [0.15, 0.2) is 0 Å². The highest BCUT2D eigenvalue weighted by Crippen LogP contribution is 2.36. The second-order valence-corrected chi connectivity index (χ2v) is 13.3. The molecule has 15 heteroatoms. The van der Waals surface area contributed by atoms with Crippen LogP contribution < -0.4 is 16.0 Å². The maximum Gasteiger partial charge on any atom is 0.421 e. The maximum atomic E-state index is 13.8. The van der Waals surface area contributed by atoms with Crippen LogP contribution in [0.5, 0.6) is 0 Å². The van der Waals surface area contributed by atoms with Crippen molar-refractivity contribution in [2.24, 2.45) is 11.8 Å². The molecule has 0 radical (unpaired) electrons. The van der Waals surface area contributed by atoms with Gasteiger partial charge in [0.05, 0.1) is 5.75 Å². The minimum absolute atomic E-state index is 0.00770. The molecule has 11 nitrogen and oxygen atoms in total. The number of anilines is 3. The van der Waals surface area contributed by atoms with Gasteiger partial charge in [-0.3, -0.25) is 9.59 Å². The number of halogens is 3. The van der Waals surface area contributed by atoms with Gasteiger partial charge in [0.1, 0.15) is 11.4 Å². The third kappa shape index (κ3) is 8.13. The topological polar surface area (TPSA) is 137 Å². The fraction of sp³-hybridized carbons (Fsp3) is 0.571. The Morgan fingerprint density at radius 2 is 1.74 bits per heavy atom. The monoisotopic (exact) mass is 625 g/mol. The fourth-order valence-electron chi connectivity index (χ4n) is 5.39. The average Bonchev–Trinajstić information content (AvgIpc) is 3.44. The summed E-state index contributed by atoms with van der Waals surface area (Å²) in [5.41, 5.74) is -0.157. The number of nitrogens with zero attached hydrogens (tertiary/aromatic N) is 4. The molecule has 4 rings (SSSR count). The Bertz CT molecular complexity index is 1400. The van der Waals surface area contributed by atoms with Gasteiger partial charge in [0.25, 0.3) is 5.91 Å². The molecule has 1 saturated heterocycles. The molecule has 2 fully saturated rings. The van der Waals surface area contributed by atoms with E-state index in [2.05, 4.69) is 25.9 Å². The first kappa shape index (κ1) is 32.5. The lowest BCUT2D eigenvalue weighted by atomic mass is 9.94. The van der Waals surface area contributed by atoms with E-state index >= 15 is 0 Å². The number of nitrogens with one attached hydrogen (secondary N) is 3. The highest BCUT2D eigenvalue weighted by molar-refractivity contribution is 7.89. The van der Waals surface area contributed by atoms with Crippen LogP contribution in [0.2, 0.25) is 0 Å². The first-order chi connectivity index (χ1) is 20.3. The Balaban J connectivity index is 1.41. The van der Waals surface area contributed by atoms with Crippen molar-refractivity contribution in [2.75, 3.05) is 49.1 Å². The van der Waals surface area contributed by atoms with Crippen LogP contribution >= 0.6 is 0 Å². The Labute approximate surface area is 249 Å². The van der Waals surface area contributed by atoms with Gasteiger partial charge in [-0.2, -0.15) is 22.5 Å². The number of carbonyl (C=O) groups is 2. The molecule has 2 heterocycles. The summed E-state index contributed by atoms with van der Waals surface area (Å²) in [5.74, 6) is -1.18. The first-order valence-corrected chi connectivity index (χ1v) is 16.0. The molecular formula is C28H38F3N7O4S. The SMILES string of the molecule is CCS(=O)(=O)N1CCN(C(=O)c2ccc(Nc3ncc(C(F)(F)F)c(NCC4CCC[C@@H]4C(=O)NC(C)C)n3)cc2)CC1. The standard InChI is InChI=1S/C28H38F3N7O4S/c1-4-43(41,42)38-14-12-37(13-15-38)26(40)19-8-10-21(11-9-19)35-27-33-17-23(28(29,30)31)24(36-27)32-16-20-6-5-7-22(20)25(39)34-18(2)3/h8-11,17-18,20,22H,4-7,12-16H2,1-3H3,(H,34,39)(H2,32,33,35,36)/t20?,22-/m0/s1. The highest BCUT2D eigenvalue weighted by atomic mass is 32.2. The van der Waals surface area contributed by atoms with E-state index in [4.69, 9.17) is 0 Å². The Kier molecular flexibility index (Phi) is 10.2. The van der Waals surface area contributed by atoms with E-state index in [1.165, 1.54) is 4.31 Å². The largest absolute Gasteiger partial charge is 0.421 e. The van der Waals surface area contributed by atoms with Gasteiger partial charge < -0.3 is 20.9 Å². The van der Waals surface area contributed by atoms with Crippen molar-refractivity contribution < 1.29 is 31.2 Å². The number of amides is 2.